The summed E-state index contributed by atoms with van der Waals surface area (Å²) in [5.74, 6) is 0.594. The van der Waals surface area contributed by atoms with E-state index in [1.807, 2.05) is 39.2 Å². The quantitative estimate of drug-likeness (QED) is 0.718. The molecule has 0 saturated heterocycles. The molecule has 5 nitrogen and oxygen atoms in total. The van der Waals surface area contributed by atoms with E-state index >= 15 is 0 Å². The minimum Gasteiger partial charge on any atom is -0.487 e. The summed E-state index contributed by atoms with van der Waals surface area (Å²) in [6.07, 6.45) is 19.9. The summed E-state index contributed by atoms with van der Waals surface area (Å²) in [6.45, 7) is 4.54. The van der Waals surface area contributed by atoms with Crippen LogP contribution >= 0.6 is 0 Å². The third-order valence-electron chi connectivity index (χ3n) is 5.34. The number of carbonyl (C=O) groups excluding carboxylic acids is 1. The molecule has 5 heteroatoms. The standard InChI is InChI=1S/C24H25N3O2/c1-16-9-11-17(2)19(12-10-16)22(28)20-13-25-24-21(14-27(3)26-24)23(20)29-15-18-7-5-4-6-8-18/h4-5,7,9-14,17H,6,8,15H2,1-3H3/p+1. The molecule has 29 heavy (non-hydrogen) atoms. The maximum atomic E-state index is 13.5. The van der Waals surface area contributed by atoms with Gasteiger partial charge in [-0.3, -0.25) is 4.79 Å². The van der Waals surface area contributed by atoms with E-state index in [1.54, 1.807) is 10.9 Å². The number of hydrogen-bond donors (Lipinski definition) is 0. The van der Waals surface area contributed by atoms with E-state index in [0.29, 0.717) is 23.6 Å². The van der Waals surface area contributed by atoms with Crippen molar-refractivity contribution < 1.29 is 14.5 Å². The van der Waals surface area contributed by atoms with E-state index in [-0.39, 0.29) is 11.7 Å². The fourth-order valence-electron chi connectivity index (χ4n) is 3.64. The number of ether oxygens (including phenoxy) is 1. The maximum Gasteiger partial charge on any atom is 0.358 e. The highest BCUT2D eigenvalue weighted by atomic mass is 16.5. The molecule has 0 amide bonds. The molecule has 2 aliphatic rings. The highest BCUT2D eigenvalue weighted by Crippen LogP contribution is 2.31. The van der Waals surface area contributed by atoms with Gasteiger partial charge >= 0.3 is 5.65 Å². The number of fused-ring (bicyclic) bond motifs is 1. The van der Waals surface area contributed by atoms with Crippen molar-refractivity contribution in [3.05, 3.63) is 77.2 Å². The second-order valence-electron chi connectivity index (χ2n) is 7.69. The van der Waals surface area contributed by atoms with Crippen molar-refractivity contribution in [2.75, 3.05) is 6.61 Å². The lowest BCUT2D eigenvalue weighted by atomic mass is 9.93. The number of rotatable bonds is 5. The van der Waals surface area contributed by atoms with Crippen LogP contribution in [0.2, 0.25) is 0 Å². The number of nitrogens with zero attached hydrogens (tertiary/aromatic N) is 2. The van der Waals surface area contributed by atoms with E-state index in [2.05, 4.69) is 40.5 Å². The number of aryl methyl sites for hydroxylation is 1. The van der Waals surface area contributed by atoms with Gasteiger partial charge < -0.3 is 4.74 Å². The van der Waals surface area contributed by atoms with E-state index in [0.717, 1.165) is 29.4 Å². The Hall–Kier alpha value is -3.21. The normalized spacial score (nSPS) is 18.9. The summed E-state index contributed by atoms with van der Waals surface area (Å²) in [5, 5.41) is 5.24. The smallest absolute Gasteiger partial charge is 0.358 e. The molecular weight excluding hydrogens is 362 g/mol. The maximum absolute atomic E-state index is 13.5. The predicted octanol–water partition coefficient (Wildman–Crippen LogP) is 4.30. The van der Waals surface area contributed by atoms with E-state index in [4.69, 9.17) is 4.74 Å². The SMILES string of the molecule is CC1=CC=C(C(=O)c2c[nH+]c3nn(C)cc3c2OCC2=CC=CCC2)C(C)C=C1. The Kier molecular flexibility index (Phi) is 5.30. The second kappa shape index (κ2) is 8.03. The van der Waals surface area contributed by atoms with Crippen LogP contribution in [0, 0.1) is 5.92 Å². The van der Waals surface area contributed by atoms with E-state index in [9.17, 15) is 4.79 Å². The van der Waals surface area contributed by atoms with Gasteiger partial charge in [0.1, 0.15) is 23.8 Å². The first-order chi connectivity index (χ1) is 14.0. The molecule has 0 aliphatic heterocycles. The topological polar surface area (TPSA) is 58.3 Å². The fourth-order valence-corrected chi connectivity index (χ4v) is 3.64. The van der Waals surface area contributed by atoms with Crippen molar-refractivity contribution >= 4 is 16.8 Å². The summed E-state index contributed by atoms with van der Waals surface area (Å²) in [6, 6.07) is 0. The van der Waals surface area contributed by atoms with Crippen LogP contribution in [0.5, 0.6) is 5.75 Å². The number of Topliss-reactive ketones (excluding diaryl/α,β-unsaturated/α-hetero) is 1. The predicted molar refractivity (Wildman–Crippen MR) is 114 cm³/mol. The first kappa shape index (κ1) is 19.1. The van der Waals surface area contributed by atoms with E-state index < -0.39 is 0 Å². The summed E-state index contributed by atoms with van der Waals surface area (Å²) in [4.78, 5) is 16.7. The highest BCUT2D eigenvalue weighted by molar-refractivity contribution is 6.12. The number of aromatic nitrogens is 3. The minimum atomic E-state index is -0.0253. The summed E-state index contributed by atoms with van der Waals surface area (Å²) in [7, 11) is 1.86. The van der Waals surface area contributed by atoms with Crippen molar-refractivity contribution in [1.82, 2.24) is 9.78 Å². The zero-order valence-corrected chi connectivity index (χ0v) is 17.1. The molecule has 2 aromatic heterocycles. The molecule has 1 unspecified atom stereocenters. The van der Waals surface area contributed by atoms with Crippen molar-refractivity contribution in [3.8, 4) is 5.75 Å². The molecule has 2 heterocycles. The Bertz CT molecular complexity index is 1110. The van der Waals surface area contributed by atoms with E-state index in [1.165, 1.54) is 5.57 Å². The van der Waals surface area contributed by atoms with Crippen LogP contribution in [-0.2, 0) is 7.05 Å². The third kappa shape index (κ3) is 3.99. The molecule has 2 aromatic rings. The van der Waals surface area contributed by atoms with Gasteiger partial charge in [0.05, 0.1) is 18.3 Å². The van der Waals surface area contributed by atoms with Gasteiger partial charge in [-0.05, 0) is 25.3 Å². The van der Waals surface area contributed by atoms with Crippen LogP contribution in [0.4, 0.5) is 0 Å². The molecule has 1 atom stereocenters. The van der Waals surface area contributed by atoms with Crippen LogP contribution in [0.25, 0.3) is 11.0 Å². The monoisotopic (exact) mass is 388 g/mol. The van der Waals surface area contributed by atoms with Gasteiger partial charge in [-0.25, -0.2) is 4.98 Å². The molecule has 0 radical (unpaired) electrons. The number of nitrogens with one attached hydrogen (secondary N) is 1. The van der Waals surface area contributed by atoms with Crippen molar-refractivity contribution in [3.63, 3.8) is 0 Å². The largest absolute Gasteiger partial charge is 0.487 e. The van der Waals surface area contributed by atoms with Crippen LogP contribution in [0.1, 0.15) is 37.0 Å². The summed E-state index contributed by atoms with van der Waals surface area (Å²) >= 11 is 0. The molecule has 0 saturated carbocycles. The Morgan fingerprint density at radius 3 is 3.00 bits per heavy atom. The number of carbonyl (C=O) groups is 1. The van der Waals surface area contributed by atoms with Crippen LogP contribution in [0.15, 0.2) is 71.6 Å². The fraction of sp³-hybridized carbons (Fsp3) is 0.292. The lowest BCUT2D eigenvalue weighted by Gasteiger charge is -2.15. The molecule has 2 aliphatic carbocycles. The van der Waals surface area contributed by atoms with Gasteiger partial charge in [-0.15, -0.1) is 0 Å². The molecule has 0 spiro atoms. The Balaban J connectivity index is 1.75. The Morgan fingerprint density at radius 2 is 2.21 bits per heavy atom. The van der Waals surface area contributed by atoms with Gasteiger partial charge in [0.25, 0.3) is 0 Å². The van der Waals surface area contributed by atoms with Crippen molar-refractivity contribution in [1.29, 1.82) is 0 Å². The zero-order valence-electron chi connectivity index (χ0n) is 17.1. The number of ketones is 1. The second-order valence-corrected chi connectivity index (χ2v) is 7.69. The number of hydrogen-bond acceptors (Lipinski definition) is 3. The number of allylic oxidation sites excluding steroid dienone is 9. The van der Waals surface area contributed by atoms with Crippen molar-refractivity contribution in [2.45, 2.75) is 26.7 Å². The first-order valence-corrected chi connectivity index (χ1v) is 9.99. The summed E-state index contributed by atoms with van der Waals surface area (Å²) < 4.78 is 7.98. The number of pyridine rings is 1. The average Bonchev–Trinajstić information content (AvgIpc) is 3.02. The molecule has 0 fully saturated rings. The van der Waals surface area contributed by atoms with Crippen LogP contribution in [0.3, 0.4) is 0 Å². The number of H-pyrrole nitrogens is 1. The molecule has 0 aromatic carbocycles. The Labute approximate surface area is 170 Å². The lowest BCUT2D eigenvalue weighted by Crippen LogP contribution is -2.17. The first-order valence-electron chi connectivity index (χ1n) is 9.99. The molecule has 1 N–H and O–H groups in total. The molecule has 4 rings (SSSR count). The minimum absolute atomic E-state index is 0.0253. The van der Waals surface area contributed by atoms with Gasteiger partial charge in [0, 0.05) is 11.5 Å². The number of aromatic amines is 1. The highest BCUT2D eigenvalue weighted by Gasteiger charge is 2.26. The Morgan fingerprint density at radius 1 is 1.34 bits per heavy atom. The van der Waals surface area contributed by atoms with Crippen molar-refractivity contribution in [2.24, 2.45) is 13.0 Å². The third-order valence-corrected chi connectivity index (χ3v) is 5.34. The van der Waals surface area contributed by atoms with Crippen LogP contribution in [-0.4, -0.2) is 22.2 Å². The lowest BCUT2D eigenvalue weighted by molar-refractivity contribution is -0.348. The zero-order chi connectivity index (χ0) is 20.4. The van der Waals surface area contributed by atoms with Gasteiger partial charge in [-0.2, -0.15) is 4.68 Å². The van der Waals surface area contributed by atoms with Gasteiger partial charge in [0.15, 0.2) is 11.5 Å². The molecule has 0 bridgehead atoms. The molecular formula is C24H26N3O2+. The van der Waals surface area contributed by atoms with Gasteiger partial charge in [0.2, 0.25) is 0 Å². The van der Waals surface area contributed by atoms with Crippen LogP contribution < -0.4 is 9.72 Å². The molecule has 148 valence electrons. The average molecular weight is 388 g/mol. The summed E-state index contributed by atoms with van der Waals surface area (Å²) in [5.41, 5.74) is 4.34. The van der Waals surface area contributed by atoms with Gasteiger partial charge in [-0.1, -0.05) is 55.0 Å².